The van der Waals surface area contributed by atoms with E-state index in [9.17, 15) is 56.2 Å². The quantitative estimate of drug-likeness (QED) is 0.146. The average Bonchev–Trinajstić information content (AvgIpc) is 3.07. The Morgan fingerprint density at radius 2 is 1.09 bits per heavy atom. The first-order valence-corrected chi connectivity index (χ1v) is 10.6. The number of hydrogen-bond acceptors (Lipinski definition) is 16. The zero-order valence-corrected chi connectivity index (χ0v) is 17.8. The first-order valence-electron chi connectivity index (χ1n) is 10.6. The van der Waals surface area contributed by atoms with Crippen molar-refractivity contribution in [2.24, 2.45) is 0 Å². The Hall–Kier alpha value is -0.640. The molecule has 3 rings (SSSR count). The van der Waals surface area contributed by atoms with Crippen LogP contribution in [0.15, 0.2) is 0 Å². The zero-order valence-electron chi connectivity index (χ0n) is 17.8. The van der Waals surface area contributed by atoms with Crippen LogP contribution in [-0.4, -0.2) is 168 Å². The van der Waals surface area contributed by atoms with Gasteiger partial charge in [-0.05, 0) is 0 Å². The van der Waals surface area contributed by atoms with E-state index in [0.29, 0.717) is 0 Å². The van der Waals surface area contributed by atoms with E-state index in [2.05, 4.69) is 0 Å². The van der Waals surface area contributed by atoms with Gasteiger partial charge in [0.05, 0.1) is 19.8 Å². The molecule has 0 aromatic rings. The van der Waals surface area contributed by atoms with Crippen molar-refractivity contribution in [3.63, 3.8) is 0 Å². The topological polar surface area (TPSA) is 269 Å². The third-order valence-corrected chi connectivity index (χ3v) is 6.16. The van der Waals surface area contributed by atoms with Crippen LogP contribution in [0.1, 0.15) is 0 Å². The lowest BCUT2D eigenvalue weighted by Crippen LogP contribution is -2.62. The van der Waals surface area contributed by atoms with Gasteiger partial charge in [0, 0.05) is 0 Å². The van der Waals surface area contributed by atoms with Crippen LogP contribution in [0.3, 0.4) is 0 Å². The fourth-order valence-corrected chi connectivity index (χ4v) is 4.01. The lowest BCUT2D eigenvalue weighted by molar-refractivity contribution is -0.385. The molecular weight excluding hydrogens is 472 g/mol. The molecule has 16 heteroatoms. The molecule has 34 heavy (non-hydrogen) atoms. The summed E-state index contributed by atoms with van der Waals surface area (Å²) in [7, 11) is 0. The molecule has 3 aliphatic heterocycles. The molecule has 3 aliphatic rings. The monoisotopic (exact) mass is 504 g/mol. The molecule has 0 aromatic heterocycles. The maximum Gasteiger partial charge on any atom is 0.224 e. The Kier molecular flexibility index (Phi) is 9.18. The van der Waals surface area contributed by atoms with Gasteiger partial charge in [-0.2, -0.15) is 0 Å². The van der Waals surface area contributed by atoms with Crippen molar-refractivity contribution < 1.29 is 79.9 Å². The van der Waals surface area contributed by atoms with Crippen LogP contribution >= 0.6 is 0 Å². The minimum Gasteiger partial charge on any atom is -0.394 e. The summed E-state index contributed by atoms with van der Waals surface area (Å²) >= 11 is 0. The van der Waals surface area contributed by atoms with Crippen molar-refractivity contribution in [2.45, 2.75) is 85.5 Å². The van der Waals surface area contributed by atoms with Crippen molar-refractivity contribution in [2.75, 3.05) is 26.4 Å². The minimum atomic E-state index is -2.41. The molecule has 200 valence electrons. The summed E-state index contributed by atoms with van der Waals surface area (Å²) in [4.78, 5) is 0. The highest BCUT2D eigenvalue weighted by Crippen LogP contribution is 2.36. The van der Waals surface area contributed by atoms with Crippen LogP contribution in [-0.2, 0) is 23.7 Å². The van der Waals surface area contributed by atoms with Gasteiger partial charge in [0.2, 0.25) is 5.79 Å². The molecule has 0 spiro atoms. The third kappa shape index (κ3) is 5.09. The first kappa shape index (κ1) is 27.9. The van der Waals surface area contributed by atoms with E-state index in [4.69, 9.17) is 23.7 Å². The number of aliphatic hydroxyl groups excluding tert-OH is 11. The molecule has 0 saturated carbocycles. The van der Waals surface area contributed by atoms with Crippen LogP contribution in [0.5, 0.6) is 0 Å². The minimum absolute atomic E-state index is 0.610. The lowest BCUT2D eigenvalue weighted by Gasteiger charge is -2.43. The van der Waals surface area contributed by atoms with Gasteiger partial charge < -0.3 is 79.9 Å². The largest absolute Gasteiger partial charge is 0.394 e. The zero-order chi connectivity index (χ0) is 25.4. The van der Waals surface area contributed by atoms with Gasteiger partial charge >= 0.3 is 0 Å². The molecule has 16 nitrogen and oxygen atoms in total. The fraction of sp³-hybridized carbons (Fsp3) is 1.00. The molecule has 3 saturated heterocycles. The molecule has 14 atom stereocenters. The summed E-state index contributed by atoms with van der Waals surface area (Å²) in [5.74, 6) is -2.41. The summed E-state index contributed by atoms with van der Waals surface area (Å²) in [5, 5.41) is 109. The van der Waals surface area contributed by atoms with Crippen molar-refractivity contribution in [3.05, 3.63) is 0 Å². The molecular formula is C18H32O16. The van der Waals surface area contributed by atoms with Crippen molar-refractivity contribution in [3.8, 4) is 0 Å². The third-order valence-electron chi connectivity index (χ3n) is 6.16. The molecule has 0 unspecified atom stereocenters. The number of aliphatic hydroxyl groups is 11. The Morgan fingerprint density at radius 3 is 1.59 bits per heavy atom. The Balaban J connectivity index is 1.67. The highest BCUT2D eigenvalue weighted by atomic mass is 16.8. The maximum atomic E-state index is 10.5. The Labute approximate surface area is 192 Å². The molecule has 0 amide bonds. The number of hydrogen-bond donors (Lipinski definition) is 11. The average molecular weight is 504 g/mol. The van der Waals surface area contributed by atoms with Gasteiger partial charge in [0.1, 0.15) is 73.8 Å². The van der Waals surface area contributed by atoms with E-state index in [1.807, 2.05) is 0 Å². The van der Waals surface area contributed by atoms with Crippen LogP contribution in [0, 0.1) is 0 Å². The van der Waals surface area contributed by atoms with Gasteiger partial charge in [0.25, 0.3) is 0 Å². The highest BCUT2D eigenvalue weighted by molar-refractivity contribution is 4.99. The molecule has 3 heterocycles. The maximum absolute atomic E-state index is 10.5. The molecule has 0 radical (unpaired) electrons. The lowest BCUT2D eigenvalue weighted by atomic mass is 9.99. The van der Waals surface area contributed by atoms with Crippen molar-refractivity contribution in [1.29, 1.82) is 0 Å². The van der Waals surface area contributed by atoms with E-state index < -0.39 is 112 Å². The first-order chi connectivity index (χ1) is 16.0. The fourth-order valence-electron chi connectivity index (χ4n) is 4.01. The van der Waals surface area contributed by atoms with E-state index in [1.54, 1.807) is 0 Å². The second kappa shape index (κ2) is 11.2. The SMILES string of the molecule is OC[C@@H]1O[C@H](OC[C@H]2O[C@@](CO)(O[C@H]3O[C@H](CO)[C@@H](O)[C@H](O)[C@H]3O)[C@H](O)[C@H]2O)[C@@H](O)[C@@H](O)[C@H]1O. The second-order valence-electron chi connectivity index (χ2n) is 8.41. The van der Waals surface area contributed by atoms with Gasteiger partial charge in [-0.25, -0.2) is 0 Å². The molecule has 3 fully saturated rings. The van der Waals surface area contributed by atoms with E-state index >= 15 is 0 Å². The van der Waals surface area contributed by atoms with Gasteiger partial charge in [0.15, 0.2) is 12.6 Å². The van der Waals surface area contributed by atoms with Gasteiger partial charge in [-0.3, -0.25) is 0 Å². The highest BCUT2D eigenvalue weighted by Gasteiger charge is 2.59. The summed E-state index contributed by atoms with van der Waals surface area (Å²) < 4.78 is 26.4. The van der Waals surface area contributed by atoms with Crippen molar-refractivity contribution >= 4 is 0 Å². The predicted octanol–water partition coefficient (Wildman–Crippen LogP) is -7.57. The van der Waals surface area contributed by atoms with Crippen LogP contribution in [0.25, 0.3) is 0 Å². The van der Waals surface area contributed by atoms with E-state index in [-0.39, 0.29) is 0 Å². The van der Waals surface area contributed by atoms with Gasteiger partial charge in [-0.15, -0.1) is 0 Å². The predicted molar refractivity (Wildman–Crippen MR) is 101 cm³/mol. The molecule has 0 aliphatic carbocycles. The van der Waals surface area contributed by atoms with Crippen molar-refractivity contribution in [1.82, 2.24) is 0 Å². The Bertz CT molecular complexity index is 651. The molecule has 0 bridgehead atoms. The standard InChI is InChI=1S/C18H32O16/c19-1-5-8(22)11(25)13(27)16(31-5)30-3-7-10(24)15(29)18(4-21,33-7)34-17-14(28)12(26)9(23)6(2-20)32-17/h5-17,19-29H,1-4H2/t5-,6+,7+,8-,9+,10-,11-,12-,13-,14+,15+,16-,17+,18-/m0/s1. The molecule has 0 aromatic carbocycles. The van der Waals surface area contributed by atoms with E-state index in [1.165, 1.54) is 0 Å². The second-order valence-corrected chi connectivity index (χ2v) is 8.41. The molecule has 11 N–H and O–H groups in total. The summed E-state index contributed by atoms with van der Waals surface area (Å²) in [5.41, 5.74) is 0. The number of ether oxygens (including phenoxy) is 5. The van der Waals surface area contributed by atoms with Gasteiger partial charge in [-0.1, -0.05) is 0 Å². The van der Waals surface area contributed by atoms with E-state index in [0.717, 1.165) is 0 Å². The normalized spacial score (nSPS) is 52.1. The summed E-state index contributed by atoms with van der Waals surface area (Å²) in [6.07, 6.45) is -21.6. The smallest absolute Gasteiger partial charge is 0.224 e. The summed E-state index contributed by atoms with van der Waals surface area (Å²) in [6, 6.07) is 0. The van der Waals surface area contributed by atoms with Crippen LogP contribution in [0.4, 0.5) is 0 Å². The Morgan fingerprint density at radius 1 is 0.588 bits per heavy atom. The van der Waals surface area contributed by atoms with Crippen LogP contribution < -0.4 is 0 Å². The summed E-state index contributed by atoms with van der Waals surface area (Å²) in [6.45, 7) is -3.16. The number of rotatable bonds is 8. The van der Waals surface area contributed by atoms with Crippen LogP contribution in [0.2, 0.25) is 0 Å².